The van der Waals surface area contributed by atoms with Crippen molar-refractivity contribution in [2.45, 2.75) is 0 Å². The maximum absolute atomic E-state index is 10.4. The Balaban J connectivity index is 3.56. The van der Waals surface area contributed by atoms with E-state index in [9.17, 15) is 4.79 Å². The summed E-state index contributed by atoms with van der Waals surface area (Å²) in [6, 6.07) is 0. The molecule has 0 aliphatic carbocycles. The molecule has 0 heterocycles. The number of nitrogens with zero attached hydrogens (tertiary/aromatic N) is 1. The van der Waals surface area contributed by atoms with Gasteiger partial charge in [0.15, 0.2) is 0 Å². The summed E-state index contributed by atoms with van der Waals surface area (Å²) in [5, 5.41) is 0. The molecule has 42 valence electrons. The Morgan fingerprint density at radius 2 is 2.43 bits per heavy atom. The number of amides is 1. The highest BCUT2D eigenvalue weighted by atomic mass is 127. The summed E-state index contributed by atoms with van der Waals surface area (Å²) in [6.07, 6.45) is 0. The standard InChI is InChI=1S/C3H5I2NO/c1-5-3(7)6(2)4/h1H2,2H3. The van der Waals surface area contributed by atoms with Crippen LogP contribution in [-0.4, -0.2) is 18.6 Å². The maximum Gasteiger partial charge on any atom is 0.285 e. The van der Waals surface area contributed by atoms with Gasteiger partial charge in [-0.2, -0.15) is 0 Å². The van der Waals surface area contributed by atoms with Crippen molar-refractivity contribution in [3.63, 3.8) is 0 Å². The van der Waals surface area contributed by atoms with E-state index in [4.69, 9.17) is 0 Å². The number of hydrogen-bond donors (Lipinski definition) is 0. The minimum Gasteiger partial charge on any atom is -0.280 e. The van der Waals surface area contributed by atoms with Crippen molar-refractivity contribution in [1.29, 1.82) is 0 Å². The third-order valence-corrected chi connectivity index (χ3v) is 3.09. The molecule has 0 aliphatic heterocycles. The van der Waals surface area contributed by atoms with Gasteiger partial charge < -0.3 is 0 Å². The van der Waals surface area contributed by atoms with Crippen LogP contribution in [0, 0.1) is 0 Å². The fourth-order valence-corrected chi connectivity index (χ4v) is 1.42. The number of carbonyl (C=O) groups is 1. The van der Waals surface area contributed by atoms with Crippen LogP contribution in [0.25, 0.3) is 0 Å². The van der Waals surface area contributed by atoms with Crippen LogP contribution in [0.15, 0.2) is 0 Å². The quantitative estimate of drug-likeness (QED) is 0.312. The van der Waals surface area contributed by atoms with Crippen molar-refractivity contribution in [3.8, 4) is 0 Å². The van der Waals surface area contributed by atoms with Crippen LogP contribution in [0.5, 0.6) is 0 Å². The van der Waals surface area contributed by atoms with E-state index in [0.717, 1.165) is 0 Å². The lowest BCUT2D eigenvalue weighted by Crippen LogP contribution is -2.04. The molecule has 0 rings (SSSR count). The topological polar surface area (TPSA) is 20.3 Å². The first-order chi connectivity index (χ1) is 3.18. The van der Waals surface area contributed by atoms with E-state index in [2.05, 4.69) is 4.51 Å². The second-order valence-electron chi connectivity index (χ2n) is 0.864. The van der Waals surface area contributed by atoms with Crippen LogP contribution in [0.2, 0.25) is 0 Å². The molecule has 1 amide bonds. The molecule has 0 aromatic rings. The van der Waals surface area contributed by atoms with Crippen LogP contribution in [-0.2, 0) is 0 Å². The molecule has 0 fully saturated rings. The predicted octanol–water partition coefficient (Wildman–Crippen LogP) is 1.79. The largest absolute Gasteiger partial charge is 0.285 e. The lowest BCUT2D eigenvalue weighted by molar-refractivity contribution is 0.257. The van der Waals surface area contributed by atoms with Gasteiger partial charge in [0, 0.05) is 7.05 Å². The second-order valence-corrected chi connectivity index (χ2v) is 4.00. The molecule has 0 aromatic heterocycles. The van der Waals surface area contributed by atoms with Gasteiger partial charge in [-0.3, -0.25) is 7.91 Å². The normalized spacial score (nSPS) is 8.29. The van der Waals surface area contributed by atoms with Gasteiger partial charge in [0.05, 0.1) is 22.9 Å². The molecular formula is C3H5I2NO. The van der Waals surface area contributed by atoms with Crippen LogP contribution >= 0.6 is 43.6 Å². The van der Waals surface area contributed by atoms with Gasteiger partial charge in [-0.25, -0.2) is 0 Å². The molecule has 7 heavy (non-hydrogen) atoms. The lowest BCUT2D eigenvalue weighted by atomic mass is 11.2. The average Bonchev–Trinajstić information content (AvgIpc) is 1.65. The van der Waals surface area contributed by atoms with Gasteiger partial charge in [0.1, 0.15) is 0 Å². The molecule has 0 atom stereocenters. The number of hydrogen-bond acceptors (Lipinski definition) is 1. The molecule has 0 spiro atoms. The Labute approximate surface area is 66.5 Å². The van der Waals surface area contributed by atoms with E-state index in [1.54, 1.807) is 7.05 Å². The van der Waals surface area contributed by atoms with Gasteiger partial charge >= 0.3 is 0 Å². The van der Waals surface area contributed by atoms with Gasteiger partial charge in [-0.05, 0) is 20.7 Å². The molecule has 0 unspecified atom stereocenters. The SMILES string of the molecule is C=IC(=O)N(C)I. The Hall–Kier alpha value is 0.800. The van der Waals surface area contributed by atoms with Gasteiger partial charge in [0.25, 0.3) is 3.91 Å². The third-order valence-electron chi connectivity index (χ3n) is 0.357. The van der Waals surface area contributed by atoms with E-state index in [1.807, 2.05) is 22.9 Å². The molecule has 2 nitrogen and oxygen atoms in total. The molecule has 4 heteroatoms. The fourth-order valence-electron chi connectivity index (χ4n) is 0.0823. The fraction of sp³-hybridized carbons (Fsp3) is 0.333. The Kier molecular flexibility index (Phi) is 4.19. The minimum atomic E-state index is -0.466. The van der Waals surface area contributed by atoms with Crippen molar-refractivity contribution in [1.82, 2.24) is 3.11 Å². The molecule has 0 aromatic carbocycles. The maximum atomic E-state index is 10.4. The zero-order valence-corrected chi connectivity index (χ0v) is 8.13. The summed E-state index contributed by atoms with van der Waals surface area (Å²) in [4.78, 5) is 10.4. The van der Waals surface area contributed by atoms with Crippen LogP contribution in [0.1, 0.15) is 0 Å². The van der Waals surface area contributed by atoms with E-state index < -0.39 is 20.7 Å². The number of halogens is 2. The van der Waals surface area contributed by atoms with Crippen LogP contribution in [0.3, 0.4) is 0 Å². The molecule has 0 bridgehead atoms. The molecule has 0 N–H and O–H groups in total. The molecule has 0 aliphatic rings. The first kappa shape index (κ1) is 7.80. The predicted molar refractivity (Wildman–Crippen MR) is 48.3 cm³/mol. The van der Waals surface area contributed by atoms with Crippen molar-refractivity contribution < 1.29 is 4.79 Å². The third kappa shape index (κ3) is 3.39. The van der Waals surface area contributed by atoms with Gasteiger partial charge in [0.2, 0.25) is 0 Å². The second kappa shape index (κ2) is 3.76. The summed E-state index contributed by atoms with van der Waals surface area (Å²) in [5.74, 6) is 0. The lowest BCUT2D eigenvalue weighted by Gasteiger charge is -1.98. The summed E-state index contributed by atoms with van der Waals surface area (Å²) in [5.41, 5.74) is 0. The molecule has 0 saturated carbocycles. The molecule has 0 saturated heterocycles. The smallest absolute Gasteiger partial charge is 0.280 e. The van der Waals surface area contributed by atoms with Crippen LogP contribution < -0.4 is 0 Å². The number of carbonyl (C=O) groups excluding carboxylic acids is 1. The summed E-state index contributed by atoms with van der Waals surface area (Å²) in [6.45, 7) is 0. The van der Waals surface area contributed by atoms with Gasteiger partial charge in [-0.15, -0.1) is 0 Å². The highest BCUT2D eigenvalue weighted by Gasteiger charge is 1.95. The Bertz CT molecular complexity index is 90.9. The Morgan fingerprint density at radius 1 is 2.00 bits per heavy atom. The molecular weight excluding hydrogens is 320 g/mol. The summed E-state index contributed by atoms with van der Waals surface area (Å²) < 4.78 is 5.23. The first-order valence-electron chi connectivity index (χ1n) is 1.50. The number of rotatable bonds is 1. The first-order valence-corrected chi connectivity index (χ1v) is 5.07. The zero-order chi connectivity index (χ0) is 5.86. The van der Waals surface area contributed by atoms with Crippen molar-refractivity contribution in [2.24, 2.45) is 0 Å². The molecule has 0 radical (unpaired) electrons. The summed E-state index contributed by atoms with van der Waals surface area (Å²) >= 11 is 1.47. The monoisotopic (exact) mass is 325 g/mol. The van der Waals surface area contributed by atoms with Crippen molar-refractivity contribution in [3.05, 3.63) is 0 Å². The van der Waals surface area contributed by atoms with Crippen LogP contribution in [0.4, 0.5) is 4.79 Å². The van der Waals surface area contributed by atoms with E-state index in [0.29, 0.717) is 0 Å². The summed E-state index contributed by atoms with van der Waals surface area (Å²) in [7, 11) is 1.73. The van der Waals surface area contributed by atoms with E-state index in [1.165, 1.54) is 3.11 Å². The van der Waals surface area contributed by atoms with Crippen molar-refractivity contribution >= 4 is 52.0 Å². The highest BCUT2D eigenvalue weighted by molar-refractivity contribution is 14.2. The zero-order valence-electron chi connectivity index (χ0n) is 3.82. The van der Waals surface area contributed by atoms with Crippen molar-refractivity contribution in [2.75, 3.05) is 7.05 Å². The van der Waals surface area contributed by atoms with E-state index in [-0.39, 0.29) is 3.91 Å². The average molecular weight is 325 g/mol. The highest BCUT2D eigenvalue weighted by Crippen LogP contribution is 2.05. The Morgan fingerprint density at radius 3 is 2.43 bits per heavy atom. The van der Waals surface area contributed by atoms with Gasteiger partial charge in [-0.1, -0.05) is 4.51 Å². The minimum absolute atomic E-state index is 0.166. The van der Waals surface area contributed by atoms with E-state index >= 15 is 0 Å².